The quantitative estimate of drug-likeness (QED) is 0.667. The van der Waals surface area contributed by atoms with Gasteiger partial charge in [0.15, 0.2) is 0 Å². The van der Waals surface area contributed by atoms with Gasteiger partial charge in [0.1, 0.15) is 17.5 Å². The number of carbonyl (C=O) groups is 1. The van der Waals surface area contributed by atoms with Gasteiger partial charge in [-0.2, -0.15) is 13.2 Å². The second-order valence-electron chi connectivity index (χ2n) is 3.58. The van der Waals surface area contributed by atoms with Crippen molar-refractivity contribution in [1.29, 1.82) is 0 Å². The third-order valence-electron chi connectivity index (χ3n) is 2.13. The molecule has 20 heavy (non-hydrogen) atoms. The van der Waals surface area contributed by atoms with E-state index in [1.165, 1.54) is 19.3 Å². The number of rotatable bonds is 5. The molecule has 1 N–H and O–H groups in total. The maximum atomic E-state index is 12.0. The van der Waals surface area contributed by atoms with Crippen molar-refractivity contribution >= 4 is 23.2 Å². The zero-order valence-corrected chi connectivity index (χ0v) is 11.1. The van der Waals surface area contributed by atoms with Crippen LogP contribution in [0.1, 0.15) is 0 Å². The minimum Gasteiger partial charge on any atom is -0.486 e. The van der Waals surface area contributed by atoms with Crippen LogP contribution in [0.4, 0.5) is 13.2 Å². The van der Waals surface area contributed by atoms with Crippen molar-refractivity contribution in [3.63, 3.8) is 0 Å². The highest BCUT2D eigenvalue weighted by Crippen LogP contribution is 2.14. The summed E-state index contributed by atoms with van der Waals surface area (Å²) >= 11 is 5.58. The van der Waals surface area contributed by atoms with Gasteiger partial charge < -0.3 is 10.1 Å². The first kappa shape index (κ1) is 16.2. The van der Waals surface area contributed by atoms with Gasteiger partial charge in [0, 0.05) is 7.05 Å². The van der Waals surface area contributed by atoms with Crippen LogP contribution in [0.25, 0.3) is 0 Å². The van der Waals surface area contributed by atoms with E-state index in [1.54, 1.807) is 11.4 Å². The van der Waals surface area contributed by atoms with Crippen molar-refractivity contribution in [2.75, 3.05) is 20.2 Å². The van der Waals surface area contributed by atoms with Gasteiger partial charge in [0.25, 0.3) is 0 Å². The summed E-state index contributed by atoms with van der Waals surface area (Å²) in [5, 5.41) is 2.00. The maximum Gasteiger partial charge on any atom is 0.471 e. The molecule has 1 rings (SSSR count). The zero-order valence-electron chi connectivity index (χ0n) is 10.4. The summed E-state index contributed by atoms with van der Waals surface area (Å²) in [5.74, 6) is -1.63. The van der Waals surface area contributed by atoms with Gasteiger partial charge in [-0.25, -0.2) is 4.98 Å². The van der Waals surface area contributed by atoms with Gasteiger partial charge in [-0.3, -0.25) is 9.79 Å². The maximum absolute atomic E-state index is 12.0. The Hall–Kier alpha value is -1.83. The van der Waals surface area contributed by atoms with E-state index < -0.39 is 12.1 Å². The monoisotopic (exact) mass is 309 g/mol. The van der Waals surface area contributed by atoms with Crippen LogP contribution >= 0.6 is 11.6 Å². The molecule has 0 bridgehead atoms. The van der Waals surface area contributed by atoms with Crippen LogP contribution in [0.2, 0.25) is 5.15 Å². The average molecular weight is 310 g/mol. The minimum absolute atomic E-state index is 0.0715. The predicted molar refractivity (Wildman–Crippen MR) is 67.2 cm³/mol. The van der Waals surface area contributed by atoms with E-state index in [2.05, 4.69) is 9.98 Å². The molecule has 0 atom stereocenters. The lowest BCUT2D eigenvalue weighted by atomic mass is 10.3. The number of aliphatic imine (C=N–C) groups is 1. The van der Waals surface area contributed by atoms with Crippen molar-refractivity contribution in [1.82, 2.24) is 10.3 Å². The van der Waals surface area contributed by atoms with Gasteiger partial charge in [-0.15, -0.1) is 0 Å². The Bertz CT molecular complexity index is 489. The highest BCUT2D eigenvalue weighted by Gasteiger charge is 2.38. The van der Waals surface area contributed by atoms with Crippen LogP contribution in [-0.2, 0) is 4.79 Å². The van der Waals surface area contributed by atoms with E-state index in [1.807, 2.05) is 0 Å². The number of alkyl halides is 3. The van der Waals surface area contributed by atoms with Crippen molar-refractivity contribution in [3.8, 4) is 5.75 Å². The first-order chi connectivity index (χ1) is 9.32. The van der Waals surface area contributed by atoms with Gasteiger partial charge in [-0.05, 0) is 12.1 Å². The molecule has 0 radical (unpaired) electrons. The number of nitrogens with zero attached hydrogens (tertiary/aromatic N) is 2. The molecule has 0 spiro atoms. The van der Waals surface area contributed by atoms with Crippen molar-refractivity contribution in [3.05, 3.63) is 23.5 Å². The summed E-state index contributed by atoms with van der Waals surface area (Å²) in [6.07, 6.45) is -3.55. The fourth-order valence-electron chi connectivity index (χ4n) is 1.09. The summed E-state index contributed by atoms with van der Waals surface area (Å²) in [6, 6.07) is 3.06. The highest BCUT2D eigenvalue weighted by molar-refractivity contribution is 6.29. The fourth-order valence-corrected chi connectivity index (χ4v) is 1.20. The van der Waals surface area contributed by atoms with E-state index in [9.17, 15) is 18.0 Å². The Morgan fingerprint density at radius 3 is 2.70 bits per heavy atom. The summed E-state index contributed by atoms with van der Waals surface area (Å²) in [6.45, 7) is -0.423. The molecular weight excluding hydrogens is 299 g/mol. The summed E-state index contributed by atoms with van der Waals surface area (Å²) in [5.41, 5.74) is 0.248. The second-order valence-corrected chi connectivity index (χ2v) is 3.96. The van der Waals surface area contributed by atoms with E-state index in [-0.39, 0.29) is 18.9 Å². The average Bonchev–Trinajstić information content (AvgIpc) is 2.39. The molecule has 0 aliphatic heterocycles. The Morgan fingerprint density at radius 2 is 2.20 bits per heavy atom. The molecule has 110 valence electrons. The van der Waals surface area contributed by atoms with Crippen LogP contribution < -0.4 is 10.1 Å². The van der Waals surface area contributed by atoms with Gasteiger partial charge in [0.05, 0.1) is 18.5 Å². The number of carbonyl (C=O) groups excluding carboxylic acids is 1. The topological polar surface area (TPSA) is 63.6 Å². The smallest absolute Gasteiger partial charge is 0.471 e. The Morgan fingerprint density at radius 1 is 1.50 bits per heavy atom. The third kappa shape index (κ3) is 5.43. The molecule has 9 heteroatoms. The first-order valence-electron chi connectivity index (χ1n) is 5.37. The van der Waals surface area contributed by atoms with Crippen molar-refractivity contribution in [2.24, 2.45) is 4.99 Å². The lowest BCUT2D eigenvalue weighted by Crippen LogP contribution is -2.40. The number of pyridine rings is 1. The van der Waals surface area contributed by atoms with Gasteiger partial charge >= 0.3 is 12.1 Å². The molecule has 0 aliphatic rings. The third-order valence-corrected chi connectivity index (χ3v) is 2.36. The molecule has 0 fully saturated rings. The molecule has 1 aromatic rings. The largest absolute Gasteiger partial charge is 0.486 e. The molecular formula is C11H11ClF3N3O2. The fraction of sp³-hybridized carbons (Fsp3) is 0.364. The number of hydrogen-bond donors (Lipinski definition) is 1. The van der Waals surface area contributed by atoms with Crippen LogP contribution in [-0.4, -0.2) is 43.0 Å². The van der Waals surface area contributed by atoms with E-state index in [0.29, 0.717) is 10.9 Å². The van der Waals surface area contributed by atoms with Crippen LogP contribution in [0.5, 0.6) is 5.75 Å². The molecule has 1 amide bonds. The molecule has 1 heterocycles. The minimum atomic E-state index is -4.92. The van der Waals surface area contributed by atoms with Gasteiger partial charge in [-0.1, -0.05) is 11.6 Å². The lowest BCUT2D eigenvalue weighted by Gasteiger charge is -2.11. The molecule has 0 aromatic carbocycles. The molecule has 5 nitrogen and oxygen atoms in total. The van der Waals surface area contributed by atoms with E-state index in [4.69, 9.17) is 16.3 Å². The van der Waals surface area contributed by atoms with Crippen molar-refractivity contribution < 1.29 is 22.7 Å². The molecule has 0 aliphatic carbocycles. The number of amides is 1. The lowest BCUT2D eigenvalue weighted by molar-refractivity contribution is -0.173. The molecule has 0 saturated carbocycles. The Balaban J connectivity index is 2.45. The SMILES string of the molecule is CN=C(CNC(=O)C(F)(F)F)COc1ccc(Cl)nc1. The first-order valence-corrected chi connectivity index (χ1v) is 5.74. The van der Waals surface area contributed by atoms with E-state index >= 15 is 0 Å². The number of hydrogen-bond acceptors (Lipinski definition) is 4. The van der Waals surface area contributed by atoms with Crippen LogP contribution in [0.15, 0.2) is 23.3 Å². The normalized spacial score (nSPS) is 12.2. The van der Waals surface area contributed by atoms with Crippen molar-refractivity contribution in [2.45, 2.75) is 6.18 Å². The highest BCUT2D eigenvalue weighted by atomic mass is 35.5. The number of nitrogens with one attached hydrogen (secondary N) is 1. The zero-order chi connectivity index (χ0) is 15.2. The molecule has 0 unspecified atom stereocenters. The van der Waals surface area contributed by atoms with E-state index in [0.717, 1.165) is 0 Å². The second kappa shape index (κ2) is 7.09. The number of ether oxygens (including phenoxy) is 1. The Kier molecular flexibility index (Phi) is 5.75. The number of aromatic nitrogens is 1. The summed E-state index contributed by atoms with van der Waals surface area (Å²) < 4.78 is 41.2. The summed E-state index contributed by atoms with van der Waals surface area (Å²) in [7, 11) is 1.39. The molecule has 1 aromatic heterocycles. The number of halogens is 4. The Labute approximate surface area is 117 Å². The summed E-state index contributed by atoms with van der Waals surface area (Å²) in [4.78, 5) is 18.1. The molecule has 0 saturated heterocycles. The predicted octanol–water partition coefficient (Wildman–Crippen LogP) is 1.86. The van der Waals surface area contributed by atoms with Crippen LogP contribution in [0.3, 0.4) is 0 Å². The standard InChI is InChI=1S/C11H11ClF3N3O2/c1-16-7(4-18-10(19)11(13,14)15)6-20-8-2-3-9(12)17-5-8/h2-3,5H,4,6H2,1H3,(H,18,19). The van der Waals surface area contributed by atoms with Crippen LogP contribution in [0, 0.1) is 0 Å². The van der Waals surface area contributed by atoms with Gasteiger partial charge in [0.2, 0.25) is 0 Å².